The lowest BCUT2D eigenvalue weighted by molar-refractivity contribution is -0.271. The molecule has 3 saturated heterocycles. The zero-order chi connectivity index (χ0) is 29.1. The number of methoxy groups -OCH3 is 1. The first-order chi connectivity index (χ1) is 19.7. The van der Waals surface area contributed by atoms with Gasteiger partial charge in [-0.2, -0.15) is 13.2 Å². The second-order valence-electron chi connectivity index (χ2n) is 11.3. The topological polar surface area (TPSA) is 77.1 Å². The number of hydrogen-bond acceptors (Lipinski definition) is 5. The SMILES string of the molecule is CO[C@@](C(=O)N1CCC2(CC1)CC(=O)NCC2c1ccccc1OC[C@@H]1CCCCO1)(c1ccccc1)C(F)(F)F. The maximum absolute atomic E-state index is 14.6. The highest BCUT2D eigenvalue weighted by Crippen LogP contribution is 2.52. The van der Waals surface area contributed by atoms with Crippen molar-refractivity contribution in [2.75, 3.05) is 40.0 Å². The normalized spacial score (nSPS) is 24.4. The van der Waals surface area contributed by atoms with Crippen molar-refractivity contribution in [1.29, 1.82) is 0 Å². The van der Waals surface area contributed by atoms with Crippen molar-refractivity contribution < 1.29 is 37.0 Å². The highest BCUT2D eigenvalue weighted by Gasteiger charge is 2.64. The van der Waals surface area contributed by atoms with Gasteiger partial charge in [-0.1, -0.05) is 48.5 Å². The van der Waals surface area contributed by atoms with Crippen LogP contribution < -0.4 is 10.1 Å². The summed E-state index contributed by atoms with van der Waals surface area (Å²) in [5.74, 6) is -0.632. The van der Waals surface area contributed by atoms with Gasteiger partial charge < -0.3 is 24.4 Å². The van der Waals surface area contributed by atoms with Crippen LogP contribution in [0.5, 0.6) is 5.75 Å². The monoisotopic (exact) mass is 574 g/mol. The third-order valence-electron chi connectivity index (χ3n) is 8.98. The van der Waals surface area contributed by atoms with E-state index in [2.05, 4.69) is 5.32 Å². The van der Waals surface area contributed by atoms with Gasteiger partial charge in [-0.25, -0.2) is 0 Å². The van der Waals surface area contributed by atoms with E-state index >= 15 is 0 Å². The molecule has 1 spiro atoms. The summed E-state index contributed by atoms with van der Waals surface area (Å²) < 4.78 is 60.8. The van der Waals surface area contributed by atoms with Crippen LogP contribution in [0.25, 0.3) is 0 Å². The zero-order valence-corrected chi connectivity index (χ0v) is 23.3. The number of rotatable bonds is 7. The summed E-state index contributed by atoms with van der Waals surface area (Å²) in [4.78, 5) is 27.5. The number of amides is 2. The van der Waals surface area contributed by atoms with Gasteiger partial charge in [0.05, 0.1) is 6.10 Å². The molecule has 7 nitrogen and oxygen atoms in total. The quantitative estimate of drug-likeness (QED) is 0.507. The Morgan fingerprint density at radius 3 is 2.44 bits per heavy atom. The summed E-state index contributed by atoms with van der Waals surface area (Å²) in [5, 5.41) is 2.98. The second-order valence-corrected chi connectivity index (χ2v) is 11.3. The molecule has 3 heterocycles. The van der Waals surface area contributed by atoms with E-state index in [1.54, 1.807) is 6.07 Å². The number of likely N-dealkylation sites (tertiary alicyclic amines) is 1. The number of carbonyl (C=O) groups excluding carboxylic acids is 2. The highest BCUT2D eigenvalue weighted by atomic mass is 19.4. The van der Waals surface area contributed by atoms with E-state index in [1.807, 2.05) is 24.3 Å². The number of carbonyl (C=O) groups is 2. The molecular formula is C31H37F3N2O5. The van der Waals surface area contributed by atoms with Gasteiger partial charge in [0.2, 0.25) is 5.91 Å². The van der Waals surface area contributed by atoms with Gasteiger partial charge in [-0.3, -0.25) is 9.59 Å². The molecule has 3 aliphatic rings. The summed E-state index contributed by atoms with van der Waals surface area (Å²) in [6.07, 6.45) is -0.854. The Hall–Kier alpha value is -3.11. The fourth-order valence-corrected chi connectivity index (χ4v) is 6.70. The number of benzene rings is 2. The van der Waals surface area contributed by atoms with Gasteiger partial charge in [-0.05, 0) is 49.1 Å². The standard InChI is InChI=1S/C31H37F3N2O5/c1-39-30(31(32,33)34,22-9-3-2-4-10-22)28(38)36-16-14-29(15-17-36)19-27(37)35-20-25(29)24-12-5-6-13-26(24)41-21-23-11-7-8-18-40-23/h2-6,9-10,12-13,23,25H,7-8,11,14-21H2,1H3,(H,35,37)/t23-,25?,30+/m0/s1. The minimum Gasteiger partial charge on any atom is -0.491 e. The molecule has 2 amide bonds. The molecule has 3 fully saturated rings. The van der Waals surface area contributed by atoms with Crippen LogP contribution in [0.3, 0.4) is 0 Å². The largest absolute Gasteiger partial charge is 0.491 e. The molecule has 3 aliphatic heterocycles. The van der Waals surface area contributed by atoms with Crippen molar-refractivity contribution >= 4 is 11.8 Å². The molecule has 2 aromatic rings. The van der Waals surface area contributed by atoms with Gasteiger partial charge in [0, 0.05) is 51.3 Å². The molecule has 0 saturated carbocycles. The number of hydrogen-bond donors (Lipinski definition) is 1. The van der Waals surface area contributed by atoms with Gasteiger partial charge in [0.25, 0.3) is 11.5 Å². The molecule has 0 radical (unpaired) electrons. The Morgan fingerprint density at radius 2 is 1.78 bits per heavy atom. The van der Waals surface area contributed by atoms with Crippen LogP contribution in [0.4, 0.5) is 13.2 Å². The van der Waals surface area contributed by atoms with Crippen molar-refractivity contribution in [3.8, 4) is 5.75 Å². The zero-order valence-electron chi connectivity index (χ0n) is 23.3. The van der Waals surface area contributed by atoms with Crippen LogP contribution in [0.15, 0.2) is 54.6 Å². The Bertz CT molecular complexity index is 1210. The Balaban J connectivity index is 1.38. The molecule has 3 atom stereocenters. The van der Waals surface area contributed by atoms with E-state index in [0.29, 0.717) is 26.0 Å². The third kappa shape index (κ3) is 5.68. The number of ether oxygens (including phenoxy) is 3. The van der Waals surface area contributed by atoms with E-state index in [4.69, 9.17) is 14.2 Å². The van der Waals surface area contributed by atoms with Crippen LogP contribution >= 0.6 is 0 Å². The minimum atomic E-state index is -4.97. The lowest BCUT2D eigenvalue weighted by Gasteiger charge is -2.50. The van der Waals surface area contributed by atoms with Gasteiger partial charge >= 0.3 is 6.18 Å². The number of alkyl halides is 3. The maximum Gasteiger partial charge on any atom is 0.430 e. The molecule has 222 valence electrons. The highest BCUT2D eigenvalue weighted by molar-refractivity contribution is 5.88. The van der Waals surface area contributed by atoms with Crippen molar-refractivity contribution in [3.05, 3.63) is 65.7 Å². The van der Waals surface area contributed by atoms with Crippen LogP contribution in [-0.4, -0.2) is 69.0 Å². The van der Waals surface area contributed by atoms with E-state index < -0.39 is 23.1 Å². The molecule has 1 unspecified atom stereocenters. The number of nitrogens with zero attached hydrogens (tertiary/aromatic N) is 1. The smallest absolute Gasteiger partial charge is 0.430 e. The minimum absolute atomic E-state index is 0.0328. The molecule has 0 aliphatic carbocycles. The second kappa shape index (κ2) is 12.0. The van der Waals surface area contributed by atoms with Crippen molar-refractivity contribution in [1.82, 2.24) is 10.2 Å². The fraction of sp³-hybridized carbons (Fsp3) is 0.548. The molecule has 41 heavy (non-hydrogen) atoms. The lowest BCUT2D eigenvalue weighted by Crippen LogP contribution is -2.60. The first kappa shape index (κ1) is 29.4. The summed E-state index contributed by atoms with van der Waals surface area (Å²) in [6, 6.07) is 14.8. The maximum atomic E-state index is 14.6. The Kier molecular flexibility index (Phi) is 8.61. The third-order valence-corrected chi connectivity index (χ3v) is 8.98. The summed E-state index contributed by atoms with van der Waals surface area (Å²) in [5.41, 5.74) is -2.94. The van der Waals surface area contributed by atoms with Crippen molar-refractivity contribution in [2.45, 2.75) is 62.3 Å². The Morgan fingerprint density at radius 1 is 1.07 bits per heavy atom. The predicted octanol–water partition coefficient (Wildman–Crippen LogP) is 4.95. The first-order valence-electron chi connectivity index (χ1n) is 14.3. The number of nitrogens with one attached hydrogen (secondary N) is 1. The molecule has 2 aromatic carbocycles. The van der Waals surface area contributed by atoms with Crippen LogP contribution in [-0.2, 0) is 24.7 Å². The average molecular weight is 575 g/mol. The first-order valence-corrected chi connectivity index (χ1v) is 14.3. The van der Waals surface area contributed by atoms with E-state index in [9.17, 15) is 22.8 Å². The van der Waals surface area contributed by atoms with Crippen molar-refractivity contribution in [3.63, 3.8) is 0 Å². The Labute approximate surface area is 238 Å². The summed E-state index contributed by atoms with van der Waals surface area (Å²) in [7, 11) is 0.917. The van der Waals surface area contributed by atoms with Gasteiger partial charge in [0.15, 0.2) is 0 Å². The van der Waals surface area contributed by atoms with Crippen LogP contribution in [0.1, 0.15) is 55.6 Å². The lowest BCUT2D eigenvalue weighted by atomic mass is 9.62. The molecule has 5 rings (SSSR count). The number of para-hydroxylation sites is 1. The van der Waals surface area contributed by atoms with Crippen LogP contribution in [0.2, 0.25) is 0 Å². The van der Waals surface area contributed by atoms with Crippen LogP contribution in [0, 0.1) is 5.41 Å². The summed E-state index contributed by atoms with van der Waals surface area (Å²) in [6.45, 7) is 1.71. The van der Waals surface area contributed by atoms with Gasteiger partial charge in [0.1, 0.15) is 12.4 Å². The molecule has 10 heteroatoms. The van der Waals surface area contributed by atoms with E-state index in [0.717, 1.165) is 44.3 Å². The van der Waals surface area contributed by atoms with E-state index in [-0.39, 0.29) is 43.0 Å². The molecule has 1 N–H and O–H groups in total. The molecular weight excluding hydrogens is 537 g/mol. The van der Waals surface area contributed by atoms with Gasteiger partial charge in [-0.15, -0.1) is 0 Å². The molecule has 0 aromatic heterocycles. The number of piperidine rings is 2. The predicted molar refractivity (Wildman–Crippen MR) is 145 cm³/mol. The summed E-state index contributed by atoms with van der Waals surface area (Å²) >= 11 is 0. The molecule has 0 bridgehead atoms. The van der Waals surface area contributed by atoms with Crippen molar-refractivity contribution in [2.24, 2.45) is 5.41 Å². The number of halogens is 3. The fourth-order valence-electron chi connectivity index (χ4n) is 6.70. The average Bonchev–Trinajstić information content (AvgIpc) is 2.98. The van der Waals surface area contributed by atoms with E-state index in [1.165, 1.54) is 29.2 Å².